The largest absolute Gasteiger partial charge is 0.393 e. The predicted molar refractivity (Wildman–Crippen MR) is 70.1 cm³/mol. The lowest BCUT2D eigenvalue weighted by molar-refractivity contribution is -0.116. The van der Waals surface area contributed by atoms with Gasteiger partial charge in [-0.3, -0.25) is 4.79 Å². The highest BCUT2D eigenvalue weighted by molar-refractivity contribution is 5.92. The number of rotatable bonds is 5. The fraction of sp³-hybridized carbons (Fsp3) is 0.500. The smallest absolute Gasteiger partial charge is 0.224 e. The second-order valence-electron chi connectivity index (χ2n) is 4.56. The minimum absolute atomic E-state index is 0.0167. The number of hydrogen-bond acceptors (Lipinski definition) is 2. The van der Waals surface area contributed by atoms with Crippen molar-refractivity contribution < 1.29 is 9.90 Å². The molecule has 0 aliphatic heterocycles. The molecule has 0 aromatic heterocycles. The van der Waals surface area contributed by atoms with Crippen LogP contribution in [0.4, 0.5) is 5.69 Å². The first-order valence-electron chi connectivity index (χ1n) is 6.05. The van der Waals surface area contributed by atoms with Crippen LogP contribution in [0, 0.1) is 13.8 Å². The molecule has 0 saturated heterocycles. The molecule has 94 valence electrons. The maximum absolute atomic E-state index is 11.7. The third-order valence-electron chi connectivity index (χ3n) is 2.77. The number of aliphatic hydroxyl groups excluding tert-OH is 1. The first kappa shape index (κ1) is 13.7. The minimum atomic E-state index is -0.331. The third kappa shape index (κ3) is 4.57. The van der Waals surface area contributed by atoms with Gasteiger partial charge in [0, 0.05) is 12.1 Å². The molecular weight excluding hydrogens is 214 g/mol. The molecule has 1 atom stereocenters. The van der Waals surface area contributed by atoms with Crippen LogP contribution in [0.25, 0.3) is 0 Å². The fourth-order valence-corrected chi connectivity index (χ4v) is 1.77. The van der Waals surface area contributed by atoms with Crippen LogP contribution in [0.5, 0.6) is 0 Å². The molecule has 1 amide bonds. The molecule has 0 aliphatic rings. The molecular formula is C14H21NO2. The Balaban J connectivity index is 2.51. The first-order valence-corrected chi connectivity index (χ1v) is 6.05. The van der Waals surface area contributed by atoms with Crippen LogP contribution in [0.2, 0.25) is 0 Å². The summed E-state index contributed by atoms with van der Waals surface area (Å²) in [6.07, 6.45) is 1.51. The molecule has 3 heteroatoms. The number of anilines is 1. The normalized spacial score (nSPS) is 12.2. The van der Waals surface area contributed by atoms with E-state index in [4.69, 9.17) is 5.11 Å². The molecule has 0 spiro atoms. The van der Waals surface area contributed by atoms with Crippen LogP contribution in [-0.2, 0) is 4.79 Å². The molecule has 0 saturated carbocycles. The maximum Gasteiger partial charge on any atom is 0.224 e. The summed E-state index contributed by atoms with van der Waals surface area (Å²) in [5.41, 5.74) is 3.07. The molecule has 1 aromatic carbocycles. The molecule has 3 nitrogen and oxygen atoms in total. The third-order valence-corrected chi connectivity index (χ3v) is 2.77. The van der Waals surface area contributed by atoms with Crippen LogP contribution in [0.1, 0.15) is 37.3 Å². The molecule has 1 rings (SSSR count). The van der Waals surface area contributed by atoms with Crippen molar-refractivity contribution in [1.82, 2.24) is 0 Å². The van der Waals surface area contributed by atoms with Crippen molar-refractivity contribution in [2.45, 2.75) is 46.1 Å². The quantitative estimate of drug-likeness (QED) is 0.824. The number of hydrogen-bond donors (Lipinski definition) is 2. The van der Waals surface area contributed by atoms with Gasteiger partial charge in [-0.15, -0.1) is 0 Å². The number of nitrogens with one attached hydrogen (secondary N) is 1. The number of benzene rings is 1. The van der Waals surface area contributed by atoms with E-state index in [1.54, 1.807) is 6.92 Å². The fourth-order valence-electron chi connectivity index (χ4n) is 1.77. The van der Waals surface area contributed by atoms with E-state index in [1.807, 2.05) is 32.0 Å². The van der Waals surface area contributed by atoms with Crippen LogP contribution >= 0.6 is 0 Å². The van der Waals surface area contributed by atoms with Gasteiger partial charge in [0.1, 0.15) is 0 Å². The van der Waals surface area contributed by atoms with Gasteiger partial charge >= 0.3 is 0 Å². The van der Waals surface area contributed by atoms with Gasteiger partial charge in [-0.05, 0) is 44.7 Å². The van der Waals surface area contributed by atoms with Crippen molar-refractivity contribution in [2.75, 3.05) is 5.32 Å². The van der Waals surface area contributed by atoms with Gasteiger partial charge in [-0.2, -0.15) is 0 Å². The van der Waals surface area contributed by atoms with Crippen molar-refractivity contribution in [3.63, 3.8) is 0 Å². The average Bonchev–Trinajstić information content (AvgIpc) is 2.23. The number of carbonyl (C=O) groups is 1. The van der Waals surface area contributed by atoms with Crippen molar-refractivity contribution in [1.29, 1.82) is 0 Å². The summed E-state index contributed by atoms with van der Waals surface area (Å²) in [5, 5.41) is 12.0. The van der Waals surface area contributed by atoms with Gasteiger partial charge in [0.15, 0.2) is 0 Å². The lowest BCUT2D eigenvalue weighted by Crippen LogP contribution is -2.14. The Morgan fingerprint density at radius 2 is 1.94 bits per heavy atom. The summed E-state index contributed by atoms with van der Waals surface area (Å²) in [4.78, 5) is 11.7. The van der Waals surface area contributed by atoms with E-state index >= 15 is 0 Å². The number of carbonyl (C=O) groups excluding carboxylic acids is 1. The molecule has 1 aromatic rings. The topological polar surface area (TPSA) is 49.3 Å². The second kappa shape index (κ2) is 6.40. The monoisotopic (exact) mass is 235 g/mol. The Morgan fingerprint density at radius 3 is 2.47 bits per heavy atom. The van der Waals surface area contributed by atoms with Gasteiger partial charge in [0.2, 0.25) is 5.91 Å². The zero-order valence-electron chi connectivity index (χ0n) is 10.8. The highest BCUT2D eigenvalue weighted by atomic mass is 16.3. The van der Waals surface area contributed by atoms with Crippen molar-refractivity contribution in [3.8, 4) is 0 Å². The van der Waals surface area contributed by atoms with Gasteiger partial charge in [0.25, 0.3) is 0 Å². The molecule has 0 radical (unpaired) electrons. The predicted octanol–water partition coefficient (Wildman–Crippen LogP) is 2.79. The Morgan fingerprint density at radius 1 is 1.35 bits per heavy atom. The minimum Gasteiger partial charge on any atom is -0.393 e. The van der Waals surface area contributed by atoms with Crippen molar-refractivity contribution in [2.24, 2.45) is 0 Å². The van der Waals surface area contributed by atoms with Crippen LogP contribution in [0.15, 0.2) is 18.2 Å². The van der Waals surface area contributed by atoms with Crippen molar-refractivity contribution in [3.05, 3.63) is 29.3 Å². The summed E-state index contributed by atoms with van der Waals surface area (Å²) < 4.78 is 0. The Kier molecular flexibility index (Phi) is 5.16. The average molecular weight is 235 g/mol. The lowest BCUT2D eigenvalue weighted by Gasteiger charge is -2.11. The maximum atomic E-state index is 11.7. The summed E-state index contributed by atoms with van der Waals surface area (Å²) in [6, 6.07) is 5.95. The molecule has 0 heterocycles. The highest BCUT2D eigenvalue weighted by Crippen LogP contribution is 2.19. The number of aryl methyl sites for hydroxylation is 2. The van der Waals surface area contributed by atoms with Crippen LogP contribution in [0.3, 0.4) is 0 Å². The SMILES string of the molecule is Cc1cccc(C)c1NC(=O)CCCC(C)O. The van der Waals surface area contributed by atoms with Crippen molar-refractivity contribution >= 4 is 11.6 Å². The number of aliphatic hydroxyl groups is 1. The number of para-hydroxylation sites is 1. The summed E-state index contributed by atoms with van der Waals surface area (Å²) in [7, 11) is 0. The van der Waals surface area contributed by atoms with Crippen LogP contribution in [-0.4, -0.2) is 17.1 Å². The first-order chi connectivity index (χ1) is 8.00. The lowest BCUT2D eigenvalue weighted by atomic mass is 10.1. The summed E-state index contributed by atoms with van der Waals surface area (Å²) >= 11 is 0. The molecule has 0 bridgehead atoms. The van der Waals surface area contributed by atoms with E-state index in [0.717, 1.165) is 16.8 Å². The Labute approximate surface area is 103 Å². The van der Waals surface area contributed by atoms with Gasteiger partial charge in [0.05, 0.1) is 6.10 Å². The summed E-state index contributed by atoms with van der Waals surface area (Å²) in [5.74, 6) is 0.0167. The molecule has 17 heavy (non-hydrogen) atoms. The molecule has 0 aliphatic carbocycles. The molecule has 1 unspecified atom stereocenters. The van der Waals surface area contributed by atoms with Gasteiger partial charge in [-0.25, -0.2) is 0 Å². The summed E-state index contributed by atoms with van der Waals surface area (Å²) in [6.45, 7) is 5.71. The molecule has 2 N–H and O–H groups in total. The standard InChI is InChI=1S/C14H21NO2/c1-10-6-4-7-11(2)14(10)15-13(17)9-5-8-12(3)16/h4,6-7,12,16H,5,8-9H2,1-3H3,(H,15,17). The van der Waals surface area contributed by atoms with Gasteiger partial charge < -0.3 is 10.4 Å². The van der Waals surface area contributed by atoms with E-state index in [-0.39, 0.29) is 12.0 Å². The van der Waals surface area contributed by atoms with E-state index in [0.29, 0.717) is 19.3 Å². The zero-order chi connectivity index (χ0) is 12.8. The van der Waals surface area contributed by atoms with E-state index < -0.39 is 0 Å². The Hall–Kier alpha value is -1.35. The Bertz CT molecular complexity index is 366. The highest BCUT2D eigenvalue weighted by Gasteiger charge is 2.07. The van der Waals surface area contributed by atoms with Gasteiger partial charge in [-0.1, -0.05) is 18.2 Å². The van der Waals surface area contributed by atoms with E-state index in [9.17, 15) is 4.79 Å². The second-order valence-corrected chi connectivity index (χ2v) is 4.56. The number of amides is 1. The van der Waals surface area contributed by atoms with Crippen LogP contribution < -0.4 is 5.32 Å². The zero-order valence-corrected chi connectivity index (χ0v) is 10.8. The molecule has 0 fully saturated rings. The van der Waals surface area contributed by atoms with E-state index in [1.165, 1.54) is 0 Å². The van der Waals surface area contributed by atoms with E-state index in [2.05, 4.69) is 5.32 Å².